The summed E-state index contributed by atoms with van der Waals surface area (Å²) in [5.74, 6) is 2.59. The van der Waals surface area contributed by atoms with Gasteiger partial charge in [0.05, 0.1) is 225 Å². The Morgan fingerprint density at radius 1 is 0.500 bits per heavy atom. The fourth-order valence-corrected chi connectivity index (χ4v) is 16.0. The summed E-state index contributed by atoms with van der Waals surface area (Å²) in [5, 5.41) is 56.8. The van der Waals surface area contributed by atoms with Gasteiger partial charge in [0.2, 0.25) is 5.91 Å². The van der Waals surface area contributed by atoms with Crippen molar-refractivity contribution >= 4 is 11.8 Å². The smallest absolute Gasteiger partial charge is 0.255 e. The molecule has 4 fully saturated rings. The van der Waals surface area contributed by atoms with Crippen LogP contribution in [-0.2, 0) is 90.1 Å². The van der Waals surface area contributed by atoms with Crippen LogP contribution in [0, 0.1) is 46.3 Å². The van der Waals surface area contributed by atoms with Crippen molar-refractivity contribution in [3.8, 4) is 0 Å². The van der Waals surface area contributed by atoms with Crippen LogP contribution in [0.5, 0.6) is 0 Å². The molecule has 13 atom stereocenters. The molecule has 2 unspecified atom stereocenters. The zero-order chi connectivity index (χ0) is 73.3. The zero-order valence-electron chi connectivity index (χ0n) is 63.6. The first-order valence-electron chi connectivity index (χ1n) is 39.1. The molecule has 0 radical (unpaired) electrons. The van der Waals surface area contributed by atoms with Crippen LogP contribution in [-0.4, -0.2) is 317 Å². The van der Waals surface area contributed by atoms with E-state index in [1.54, 1.807) is 7.11 Å². The average molecular weight is 1470 g/mol. The van der Waals surface area contributed by atoms with Gasteiger partial charge in [-0.2, -0.15) is 0 Å². The van der Waals surface area contributed by atoms with Crippen LogP contribution in [0.15, 0.2) is 11.6 Å². The number of carbonyl (C=O) groups excluding carboxylic acids is 2. The quantitative estimate of drug-likeness (QED) is 0.0239. The summed E-state index contributed by atoms with van der Waals surface area (Å²) in [6.07, 6.45) is 11.6. The number of hydrogen-bond donors (Lipinski definition) is 6. The predicted octanol–water partition coefficient (Wildman–Crippen LogP) is 5.78. The second-order valence-electron chi connectivity index (χ2n) is 29.1. The van der Waals surface area contributed by atoms with Gasteiger partial charge < -0.3 is 116 Å². The first-order chi connectivity index (χ1) is 49.7. The van der Waals surface area contributed by atoms with Crippen molar-refractivity contribution in [3.63, 3.8) is 0 Å². The van der Waals surface area contributed by atoms with Gasteiger partial charge in [-0.1, -0.05) is 91.2 Å². The molecule has 0 aromatic carbocycles. The molecule has 0 saturated heterocycles. The van der Waals surface area contributed by atoms with Crippen LogP contribution < -0.4 is 5.32 Å². The molecule has 0 aromatic heterocycles. The van der Waals surface area contributed by atoms with E-state index >= 15 is 0 Å². The normalized spacial score (nSPS) is 24.2. The summed E-state index contributed by atoms with van der Waals surface area (Å²) >= 11 is 0. The largest absolute Gasteiger partial charge is 0.394 e. The van der Waals surface area contributed by atoms with Crippen molar-refractivity contribution in [3.05, 3.63) is 11.6 Å². The standard InChI is InChI=1S/C76H140N2O24/c1-59(2)12-11-13-60(3)65-18-19-66-64-17-16-61-56-63(20-22-75(61,4)67(64)21-23-76(65,66)5)78(74(85)72(83)71(82)70(81)69(80)57-79)68(73(84)77-62-14-9-7-8-10-15-62)58-102-55-54-101-53-52-100-51-50-99-49-48-98-47-46-97-45-44-96-43-42-95-41-40-94-39-38-93-37-36-92-35-34-91-33-32-90-31-30-89-29-28-88-27-26-87-25-24-86-6/h16,59-60,62-72,79-83H,7-15,17-58H2,1-6H3,(H,77,84)/t60-,63?,64+,65-,66+,67+,68?,69-,70-,71+,72-,75+,76-/m1/s1. The van der Waals surface area contributed by atoms with Gasteiger partial charge in [-0.05, 0) is 111 Å². The van der Waals surface area contributed by atoms with Crippen LogP contribution in [0.2, 0.25) is 0 Å². The van der Waals surface area contributed by atoms with Gasteiger partial charge in [-0.3, -0.25) is 9.59 Å². The third-order valence-corrected chi connectivity index (χ3v) is 21.6. The molecule has 26 nitrogen and oxygen atoms in total. The lowest BCUT2D eigenvalue weighted by Crippen LogP contribution is -2.63. The Labute approximate surface area is 611 Å². The predicted molar refractivity (Wildman–Crippen MR) is 383 cm³/mol. The van der Waals surface area contributed by atoms with E-state index in [2.05, 4.69) is 46.0 Å². The van der Waals surface area contributed by atoms with E-state index in [4.69, 9.17) is 80.5 Å². The number of nitrogens with zero attached hydrogens (tertiary/aromatic N) is 1. The maximum absolute atomic E-state index is 15.0. The Hall–Kier alpha value is -2.20. The lowest BCUT2D eigenvalue weighted by molar-refractivity contribution is -0.168. The summed E-state index contributed by atoms with van der Waals surface area (Å²) in [6, 6.07) is -1.83. The highest BCUT2D eigenvalue weighted by molar-refractivity contribution is 5.90. The minimum Gasteiger partial charge on any atom is -0.394 e. The number of nitrogens with one attached hydrogen (secondary N) is 1. The second kappa shape index (κ2) is 55.2. The van der Waals surface area contributed by atoms with Crippen molar-refractivity contribution in [2.45, 2.75) is 186 Å². The van der Waals surface area contributed by atoms with Crippen molar-refractivity contribution in [2.75, 3.05) is 232 Å². The lowest BCUT2D eigenvalue weighted by Gasteiger charge is -2.59. The van der Waals surface area contributed by atoms with Crippen LogP contribution in [0.4, 0.5) is 0 Å². The van der Waals surface area contributed by atoms with E-state index in [9.17, 15) is 35.1 Å². The first kappa shape index (κ1) is 90.4. The fraction of sp³-hybridized carbons (Fsp3) is 0.947. The van der Waals surface area contributed by atoms with Gasteiger partial charge in [0.15, 0.2) is 6.10 Å². The van der Waals surface area contributed by atoms with E-state index in [1.165, 1.54) is 55.4 Å². The molecule has 6 N–H and O–H groups in total. The van der Waals surface area contributed by atoms with E-state index in [0.717, 1.165) is 63.2 Å². The number of hydrogen-bond acceptors (Lipinski definition) is 24. The summed E-state index contributed by atoms with van der Waals surface area (Å²) in [7, 11) is 1.64. The minimum atomic E-state index is -2.21. The number of aliphatic hydroxyl groups excluding tert-OH is 5. The molecular weight excluding hydrogens is 1320 g/mol. The summed E-state index contributed by atoms with van der Waals surface area (Å²) in [5.41, 5.74) is 1.52. The first-order valence-corrected chi connectivity index (χ1v) is 39.1. The summed E-state index contributed by atoms with van der Waals surface area (Å²) < 4.78 is 94.5. The highest BCUT2D eigenvalue weighted by atomic mass is 16.6. The Morgan fingerprint density at radius 3 is 1.31 bits per heavy atom. The van der Waals surface area contributed by atoms with Crippen LogP contribution in [0.3, 0.4) is 0 Å². The molecule has 0 aliphatic heterocycles. The lowest BCUT2D eigenvalue weighted by atomic mass is 9.46. The molecule has 0 bridgehead atoms. The van der Waals surface area contributed by atoms with Crippen LogP contribution in [0.25, 0.3) is 0 Å². The number of fused-ring (bicyclic) bond motifs is 5. The van der Waals surface area contributed by atoms with Gasteiger partial charge in [0, 0.05) is 19.2 Å². The molecule has 5 rings (SSSR count). The number of carbonyl (C=O) groups is 2. The van der Waals surface area contributed by atoms with Gasteiger partial charge in [0.25, 0.3) is 5.91 Å². The number of ether oxygens (including phenoxy) is 17. The van der Waals surface area contributed by atoms with Gasteiger partial charge in [-0.25, -0.2) is 0 Å². The number of rotatable bonds is 64. The number of amides is 2. The number of aliphatic hydroxyl groups is 5. The highest BCUT2D eigenvalue weighted by Crippen LogP contribution is 2.67. The molecule has 0 heterocycles. The molecule has 0 aromatic rings. The second-order valence-corrected chi connectivity index (χ2v) is 29.1. The van der Waals surface area contributed by atoms with Crippen LogP contribution >= 0.6 is 0 Å². The van der Waals surface area contributed by atoms with Gasteiger partial charge >= 0.3 is 0 Å². The minimum absolute atomic E-state index is 0.0924. The monoisotopic (exact) mass is 1460 g/mol. The van der Waals surface area contributed by atoms with E-state index < -0.39 is 54.9 Å². The van der Waals surface area contributed by atoms with Gasteiger partial charge in [-0.15, -0.1) is 0 Å². The molecule has 2 amide bonds. The fourth-order valence-electron chi connectivity index (χ4n) is 16.0. The Balaban J connectivity index is 0.879. The van der Waals surface area contributed by atoms with E-state index in [-0.39, 0.29) is 37.9 Å². The molecule has 5 aliphatic carbocycles. The average Bonchev–Trinajstić information content (AvgIpc) is 1.31. The van der Waals surface area contributed by atoms with Crippen molar-refractivity contribution in [1.29, 1.82) is 0 Å². The number of allylic oxidation sites excluding steroid dienone is 1. The maximum atomic E-state index is 15.0. The maximum Gasteiger partial charge on any atom is 0.255 e. The number of methoxy groups -OCH3 is 1. The molecule has 26 heteroatoms. The SMILES string of the molecule is COCCOCCOCCOCCOCCOCCOCCOCCOCCOCCOCCOCCOCCOCCOCCOCCOCC(C(=O)NC1CCCCCC1)N(C(=O)[C@H](O)[C@@H](O)[C@H](O)[C@H](O)CO)C1CC[C@@]2(C)C(=CC[C@H]3[C@@H]4CC[C@H]([C@H](C)CCCC(C)C)[C@@]4(C)CC[C@@H]32)C1. The van der Waals surface area contributed by atoms with Crippen molar-refractivity contribution < 1.29 is 116 Å². The molecule has 598 valence electrons. The third-order valence-electron chi connectivity index (χ3n) is 21.6. The Kier molecular flexibility index (Phi) is 49.0. The Bertz CT molecular complexity index is 2120. The molecule has 0 spiro atoms. The molecule has 102 heavy (non-hydrogen) atoms. The van der Waals surface area contributed by atoms with Gasteiger partial charge in [0.1, 0.15) is 24.4 Å². The zero-order valence-corrected chi connectivity index (χ0v) is 63.6. The van der Waals surface area contributed by atoms with Crippen LogP contribution in [0.1, 0.15) is 144 Å². The molecule has 5 aliphatic rings. The van der Waals surface area contributed by atoms with E-state index in [1.807, 2.05) is 0 Å². The van der Waals surface area contributed by atoms with Crippen molar-refractivity contribution in [2.24, 2.45) is 46.3 Å². The molecule has 4 saturated carbocycles. The highest BCUT2D eigenvalue weighted by Gasteiger charge is 2.60. The Morgan fingerprint density at radius 2 is 0.912 bits per heavy atom. The summed E-state index contributed by atoms with van der Waals surface area (Å²) in [4.78, 5) is 31.2. The van der Waals surface area contributed by atoms with E-state index in [0.29, 0.717) is 234 Å². The van der Waals surface area contributed by atoms with Crippen molar-refractivity contribution in [1.82, 2.24) is 10.2 Å². The topological polar surface area (TPSA) is 307 Å². The molecular formula is C76H140N2O24. The summed E-state index contributed by atoms with van der Waals surface area (Å²) in [6.45, 7) is 25.2. The third kappa shape index (κ3) is 34.2.